The summed E-state index contributed by atoms with van der Waals surface area (Å²) < 4.78 is 0. The van der Waals surface area contributed by atoms with Crippen molar-refractivity contribution in [1.82, 2.24) is 0 Å². The van der Waals surface area contributed by atoms with Crippen molar-refractivity contribution in [1.29, 1.82) is 0 Å². The van der Waals surface area contributed by atoms with Gasteiger partial charge in [0.2, 0.25) is 0 Å². The second-order valence-corrected chi connectivity index (χ2v) is 7.19. The number of hydrogen-bond acceptors (Lipinski definition) is 4. The third kappa shape index (κ3) is 8.51. The molecule has 0 aliphatic rings. The fraction of sp³-hybridized carbons (Fsp3) is 0.176. The molecule has 2 N–H and O–H groups in total. The van der Waals surface area contributed by atoms with Crippen molar-refractivity contribution in [2.45, 2.75) is 6.42 Å². The summed E-state index contributed by atoms with van der Waals surface area (Å²) in [7, 11) is 9.78. The van der Waals surface area contributed by atoms with E-state index in [-0.39, 0.29) is 11.5 Å². The van der Waals surface area contributed by atoms with Gasteiger partial charge in [0.15, 0.2) is 0 Å². The SMILES string of the molecule is Oc1ccccc1C=NCCCN=Cc1ccccc1O.[Cl][Ti][Cl]. The molecule has 0 heterocycles. The fourth-order valence-electron chi connectivity index (χ4n) is 1.77. The van der Waals surface area contributed by atoms with Crippen molar-refractivity contribution in [3.05, 3.63) is 59.7 Å². The Morgan fingerprint density at radius 2 is 1.17 bits per heavy atom. The Balaban J connectivity index is 0.000000891. The number of halogens is 2. The normalized spacial score (nSPS) is 10.6. The second kappa shape index (κ2) is 13.0. The van der Waals surface area contributed by atoms with Crippen molar-refractivity contribution in [2.75, 3.05) is 13.1 Å². The molecule has 0 fully saturated rings. The maximum atomic E-state index is 9.56. The summed E-state index contributed by atoms with van der Waals surface area (Å²) in [6, 6.07) is 14.2. The molecular formula is C17H18Cl2N2O2Ti. The summed E-state index contributed by atoms with van der Waals surface area (Å²) in [6.07, 6.45) is 4.15. The molecule has 0 bridgehead atoms. The molecule has 0 saturated heterocycles. The zero-order valence-electron chi connectivity index (χ0n) is 12.9. The van der Waals surface area contributed by atoms with Gasteiger partial charge in [0.1, 0.15) is 11.5 Å². The third-order valence-electron chi connectivity index (χ3n) is 2.91. The summed E-state index contributed by atoms with van der Waals surface area (Å²) in [5.41, 5.74) is 1.44. The van der Waals surface area contributed by atoms with Crippen molar-refractivity contribution < 1.29 is 27.2 Å². The molecule has 24 heavy (non-hydrogen) atoms. The third-order valence-corrected chi connectivity index (χ3v) is 2.91. The standard InChI is InChI=1S/C17H18N2O2.2ClH.Ti/c20-16-8-3-1-6-14(16)12-18-10-5-11-19-13-15-7-2-4-9-17(15)21;;;/h1-4,6-9,12-13,20-21H,5,10-11H2;2*1H;/q;;;+2/p-2. The summed E-state index contributed by atoms with van der Waals surface area (Å²) in [4.78, 5) is 8.51. The van der Waals surface area contributed by atoms with Crippen molar-refractivity contribution in [2.24, 2.45) is 9.98 Å². The van der Waals surface area contributed by atoms with E-state index in [2.05, 4.69) is 9.98 Å². The zero-order valence-corrected chi connectivity index (χ0v) is 16.0. The molecule has 2 aromatic carbocycles. The summed E-state index contributed by atoms with van der Waals surface area (Å²) in [5, 5.41) is 19.1. The van der Waals surface area contributed by atoms with Crippen LogP contribution in [0.2, 0.25) is 0 Å². The molecule has 0 aliphatic carbocycles. The molecule has 0 spiro atoms. The Kier molecular flexibility index (Phi) is 11.2. The second-order valence-electron chi connectivity index (χ2n) is 4.61. The average molecular weight is 401 g/mol. The molecule has 2 aromatic rings. The van der Waals surface area contributed by atoms with Crippen LogP contribution in [-0.4, -0.2) is 35.7 Å². The Morgan fingerprint density at radius 3 is 1.54 bits per heavy atom. The van der Waals surface area contributed by atoms with Crippen molar-refractivity contribution >= 4 is 31.0 Å². The molecule has 2 rings (SSSR count). The van der Waals surface area contributed by atoms with Gasteiger partial charge in [0, 0.05) is 36.6 Å². The first-order valence-electron chi connectivity index (χ1n) is 7.21. The summed E-state index contributed by atoms with van der Waals surface area (Å²) in [5.74, 6) is 0.470. The van der Waals surface area contributed by atoms with Gasteiger partial charge in [-0.05, 0) is 30.7 Å². The topological polar surface area (TPSA) is 65.2 Å². The Morgan fingerprint density at radius 1 is 0.792 bits per heavy atom. The van der Waals surface area contributed by atoms with Gasteiger partial charge in [0.25, 0.3) is 0 Å². The number of para-hydroxylation sites is 2. The molecular weight excluding hydrogens is 383 g/mol. The Hall–Kier alpha value is -1.33. The first-order valence-corrected chi connectivity index (χ1v) is 11.5. The molecule has 4 nitrogen and oxygen atoms in total. The van der Waals surface area contributed by atoms with Crippen LogP contribution in [-0.2, 0) is 17.0 Å². The number of rotatable bonds is 6. The molecule has 0 atom stereocenters. The van der Waals surface area contributed by atoms with Crippen LogP contribution in [0, 0.1) is 0 Å². The first-order chi connectivity index (χ1) is 11.7. The number of nitrogens with zero attached hydrogens (tertiary/aromatic N) is 2. The van der Waals surface area contributed by atoms with Crippen LogP contribution in [0.1, 0.15) is 17.5 Å². The van der Waals surface area contributed by atoms with Gasteiger partial charge in [-0.3, -0.25) is 9.98 Å². The maximum absolute atomic E-state index is 9.56. The Labute approximate surface area is 158 Å². The number of aliphatic imine (C=N–C) groups is 2. The molecule has 7 heteroatoms. The van der Waals surface area contributed by atoms with Crippen LogP contribution < -0.4 is 0 Å². The molecule has 0 amide bonds. The van der Waals surface area contributed by atoms with E-state index in [0.717, 1.165) is 17.5 Å². The minimum absolute atomic E-state index is 0.235. The number of phenolic OH excluding ortho intramolecular Hbond substituents is 2. The minimum atomic E-state index is -0.556. The molecule has 126 valence electrons. The van der Waals surface area contributed by atoms with E-state index in [9.17, 15) is 10.2 Å². The molecule has 0 aliphatic heterocycles. The quantitative estimate of drug-likeness (QED) is 0.428. The van der Waals surface area contributed by atoms with Crippen molar-refractivity contribution in [3.8, 4) is 11.5 Å². The van der Waals surface area contributed by atoms with Gasteiger partial charge < -0.3 is 10.2 Å². The molecule has 0 aromatic heterocycles. The fourth-order valence-corrected chi connectivity index (χ4v) is 1.77. The van der Waals surface area contributed by atoms with Gasteiger partial charge in [-0.15, -0.1) is 0 Å². The van der Waals surface area contributed by atoms with E-state index in [1.807, 2.05) is 24.3 Å². The van der Waals surface area contributed by atoms with Crippen LogP contribution in [0.25, 0.3) is 0 Å². The van der Waals surface area contributed by atoms with Gasteiger partial charge in [-0.1, -0.05) is 24.3 Å². The number of phenols is 2. The number of aromatic hydroxyl groups is 2. The van der Waals surface area contributed by atoms with Crippen molar-refractivity contribution in [3.63, 3.8) is 0 Å². The predicted molar refractivity (Wildman–Crippen MR) is 97.5 cm³/mol. The van der Waals surface area contributed by atoms with E-state index in [1.54, 1.807) is 36.7 Å². The van der Waals surface area contributed by atoms with Crippen LogP contribution >= 0.6 is 18.6 Å². The van der Waals surface area contributed by atoms with Gasteiger partial charge in [-0.2, -0.15) is 0 Å². The predicted octanol–water partition coefficient (Wildman–Crippen LogP) is 4.40. The van der Waals surface area contributed by atoms with Gasteiger partial charge in [0.05, 0.1) is 0 Å². The molecule has 0 radical (unpaired) electrons. The van der Waals surface area contributed by atoms with Gasteiger partial charge >= 0.3 is 35.6 Å². The van der Waals surface area contributed by atoms with E-state index in [1.165, 1.54) is 0 Å². The van der Waals surface area contributed by atoms with Crippen LogP contribution in [0.15, 0.2) is 58.5 Å². The Bertz CT molecular complexity index is 611. The number of hydrogen-bond donors (Lipinski definition) is 2. The summed E-state index contributed by atoms with van der Waals surface area (Å²) >= 11 is -0.556. The van der Waals surface area contributed by atoms with E-state index in [4.69, 9.17) is 18.6 Å². The first kappa shape index (κ1) is 20.7. The number of benzene rings is 2. The van der Waals surface area contributed by atoms with E-state index in [0.29, 0.717) is 13.1 Å². The van der Waals surface area contributed by atoms with E-state index >= 15 is 0 Å². The van der Waals surface area contributed by atoms with Gasteiger partial charge in [-0.25, -0.2) is 0 Å². The van der Waals surface area contributed by atoms with Crippen LogP contribution in [0.3, 0.4) is 0 Å². The van der Waals surface area contributed by atoms with Crippen LogP contribution in [0.4, 0.5) is 0 Å². The zero-order chi connectivity index (χ0) is 17.6. The molecule has 0 unspecified atom stereocenters. The van der Waals surface area contributed by atoms with Crippen LogP contribution in [0.5, 0.6) is 11.5 Å². The monoisotopic (exact) mass is 400 g/mol. The molecule has 0 saturated carbocycles. The summed E-state index contributed by atoms with van der Waals surface area (Å²) in [6.45, 7) is 1.29. The van der Waals surface area contributed by atoms with E-state index < -0.39 is 17.0 Å². The average Bonchev–Trinajstić information content (AvgIpc) is 2.58.